The van der Waals surface area contributed by atoms with E-state index in [1.54, 1.807) is 13.0 Å². The molecule has 4 aliphatic rings. The number of hydrogen-bond donors (Lipinski definition) is 3. The van der Waals surface area contributed by atoms with Crippen LogP contribution in [0, 0.1) is 28.6 Å². The molecular formula is C31H50N2O4. The maximum absolute atomic E-state index is 12.3. The molecule has 3 heterocycles. The van der Waals surface area contributed by atoms with Gasteiger partial charge in [0.05, 0.1) is 17.3 Å². The van der Waals surface area contributed by atoms with E-state index in [1.807, 2.05) is 17.6 Å². The molecule has 5 rings (SSSR count). The standard InChI is InChI=1S/C31H50N2O4/c1-28(2)12-7-13-29(3)24(28)10-14-30(4,36)25(29)11-15-31(5,37)26(34)20-32-17-21-16-22(19-32)23-8-6-9-27(35)33(23)18-21/h6,8-9,21-22,24-26,34,36-37H,7,10-20H2,1-5H3/t21-,22-,24-,25+,26+,29-,30+,31+/m0/s1. The van der Waals surface area contributed by atoms with Crippen molar-refractivity contribution in [3.05, 3.63) is 34.2 Å². The minimum absolute atomic E-state index is 0.0559. The molecule has 0 spiro atoms. The molecule has 2 saturated carbocycles. The zero-order valence-electron chi connectivity index (χ0n) is 23.7. The van der Waals surface area contributed by atoms with Crippen molar-refractivity contribution in [3.8, 4) is 0 Å². The Morgan fingerprint density at radius 1 is 1.11 bits per heavy atom. The van der Waals surface area contributed by atoms with Gasteiger partial charge in [-0.2, -0.15) is 0 Å². The molecule has 2 aliphatic carbocycles. The first kappa shape index (κ1) is 27.4. The second kappa shape index (κ2) is 9.46. The topological polar surface area (TPSA) is 85.9 Å². The first-order valence-corrected chi connectivity index (χ1v) is 14.8. The molecule has 0 unspecified atom stereocenters. The van der Waals surface area contributed by atoms with Crippen LogP contribution in [0.1, 0.15) is 97.6 Å². The number of aliphatic hydroxyl groups is 3. The number of β-amino-alcohol motifs (C(OH)–C–C–N with tert-alkyl or cyclic N) is 1. The Morgan fingerprint density at radius 3 is 2.62 bits per heavy atom. The SMILES string of the molecule is CC1(C)CCC[C@]2(C)[C@@H](CC[C@@](C)(O)[C@H](O)CN3C[C@@H]4C[C@@H](C3)c3cccc(=O)n3C4)[C@](C)(O)CC[C@@H]12. The number of piperidine rings is 1. The quantitative estimate of drug-likeness (QED) is 0.531. The number of aliphatic hydroxyl groups excluding tert-OH is 1. The molecule has 3 fully saturated rings. The van der Waals surface area contributed by atoms with Gasteiger partial charge in [-0.25, -0.2) is 0 Å². The smallest absolute Gasteiger partial charge is 0.250 e. The summed E-state index contributed by atoms with van der Waals surface area (Å²) in [5.74, 6) is 1.38. The number of fused-ring (bicyclic) bond motifs is 5. The third-order valence-corrected chi connectivity index (χ3v) is 11.4. The molecule has 0 amide bonds. The van der Waals surface area contributed by atoms with Crippen molar-refractivity contribution >= 4 is 0 Å². The number of nitrogens with zero attached hydrogens (tertiary/aromatic N) is 2. The van der Waals surface area contributed by atoms with E-state index >= 15 is 0 Å². The molecule has 6 nitrogen and oxygen atoms in total. The summed E-state index contributed by atoms with van der Waals surface area (Å²) in [5, 5.41) is 34.3. The van der Waals surface area contributed by atoms with Crippen LogP contribution in [0.3, 0.4) is 0 Å². The average molecular weight is 515 g/mol. The molecule has 1 saturated heterocycles. The molecule has 37 heavy (non-hydrogen) atoms. The van der Waals surface area contributed by atoms with Gasteiger partial charge >= 0.3 is 0 Å². The largest absolute Gasteiger partial charge is 0.390 e. The van der Waals surface area contributed by atoms with Crippen molar-refractivity contribution in [1.29, 1.82) is 0 Å². The van der Waals surface area contributed by atoms with Gasteiger partial charge in [0.1, 0.15) is 0 Å². The van der Waals surface area contributed by atoms with Crippen LogP contribution in [-0.2, 0) is 6.54 Å². The molecule has 1 aromatic heterocycles. The van der Waals surface area contributed by atoms with Gasteiger partial charge in [0, 0.05) is 43.9 Å². The Kier molecular flexibility index (Phi) is 7.00. The van der Waals surface area contributed by atoms with Crippen molar-refractivity contribution in [2.75, 3.05) is 19.6 Å². The highest BCUT2D eigenvalue weighted by molar-refractivity contribution is 5.17. The van der Waals surface area contributed by atoms with E-state index in [4.69, 9.17) is 0 Å². The monoisotopic (exact) mass is 514 g/mol. The highest BCUT2D eigenvalue weighted by atomic mass is 16.3. The van der Waals surface area contributed by atoms with Crippen molar-refractivity contribution in [2.24, 2.45) is 28.6 Å². The number of pyridine rings is 1. The maximum Gasteiger partial charge on any atom is 0.250 e. The van der Waals surface area contributed by atoms with Gasteiger partial charge in [0.15, 0.2) is 0 Å². The Morgan fingerprint density at radius 2 is 1.86 bits per heavy atom. The number of aromatic nitrogens is 1. The predicted octanol–water partition coefficient (Wildman–Crippen LogP) is 4.15. The number of likely N-dealkylation sites (tertiary alicyclic amines) is 1. The van der Waals surface area contributed by atoms with Crippen LogP contribution in [0.4, 0.5) is 0 Å². The van der Waals surface area contributed by atoms with Crippen molar-refractivity contribution < 1.29 is 15.3 Å². The molecule has 1 aromatic rings. The van der Waals surface area contributed by atoms with Crippen LogP contribution in [0.5, 0.6) is 0 Å². The summed E-state index contributed by atoms with van der Waals surface area (Å²) < 4.78 is 1.93. The second-order valence-corrected chi connectivity index (χ2v) is 14.7. The first-order chi connectivity index (χ1) is 17.2. The third-order valence-electron chi connectivity index (χ3n) is 11.4. The highest BCUT2D eigenvalue weighted by Gasteiger charge is 2.58. The van der Waals surface area contributed by atoms with E-state index in [2.05, 4.69) is 31.7 Å². The Bertz CT molecular complexity index is 1050. The summed E-state index contributed by atoms with van der Waals surface area (Å²) in [6.45, 7) is 13.8. The fourth-order valence-electron chi connectivity index (χ4n) is 9.45. The summed E-state index contributed by atoms with van der Waals surface area (Å²) in [4.78, 5) is 14.6. The fourth-order valence-corrected chi connectivity index (χ4v) is 9.45. The van der Waals surface area contributed by atoms with Gasteiger partial charge < -0.3 is 19.9 Å². The van der Waals surface area contributed by atoms with E-state index in [0.29, 0.717) is 30.7 Å². The zero-order chi connectivity index (χ0) is 26.8. The summed E-state index contributed by atoms with van der Waals surface area (Å²) in [5.41, 5.74) is -0.437. The minimum atomic E-state index is -1.22. The van der Waals surface area contributed by atoms with Crippen LogP contribution in [-0.4, -0.2) is 61.7 Å². The van der Waals surface area contributed by atoms with Crippen LogP contribution in [0.2, 0.25) is 0 Å². The molecule has 2 bridgehead atoms. The molecule has 6 heteroatoms. The van der Waals surface area contributed by atoms with Gasteiger partial charge in [0.2, 0.25) is 0 Å². The first-order valence-electron chi connectivity index (χ1n) is 14.8. The highest BCUT2D eigenvalue weighted by Crippen LogP contribution is 2.63. The lowest BCUT2D eigenvalue weighted by Gasteiger charge is -2.61. The van der Waals surface area contributed by atoms with E-state index in [1.165, 1.54) is 12.8 Å². The van der Waals surface area contributed by atoms with Crippen LogP contribution < -0.4 is 5.56 Å². The number of rotatable bonds is 6. The third kappa shape index (κ3) is 4.97. The molecule has 3 N–H and O–H groups in total. The Balaban J connectivity index is 1.25. The molecule has 0 radical (unpaired) electrons. The lowest BCUT2D eigenvalue weighted by molar-refractivity contribution is -0.176. The van der Waals surface area contributed by atoms with Gasteiger partial charge in [0.25, 0.3) is 5.56 Å². The normalized spacial score (nSPS) is 39.8. The van der Waals surface area contributed by atoms with E-state index in [9.17, 15) is 20.1 Å². The predicted molar refractivity (Wildman–Crippen MR) is 146 cm³/mol. The molecule has 2 aliphatic heterocycles. The lowest BCUT2D eigenvalue weighted by atomic mass is 9.45. The molecule has 208 valence electrons. The van der Waals surface area contributed by atoms with E-state index < -0.39 is 17.3 Å². The van der Waals surface area contributed by atoms with Crippen LogP contribution in [0.15, 0.2) is 23.0 Å². The maximum atomic E-state index is 12.3. The van der Waals surface area contributed by atoms with Gasteiger partial charge in [-0.15, -0.1) is 0 Å². The van der Waals surface area contributed by atoms with Crippen molar-refractivity contribution in [3.63, 3.8) is 0 Å². The van der Waals surface area contributed by atoms with E-state index in [-0.39, 0.29) is 22.3 Å². The molecule has 8 atom stereocenters. The second-order valence-electron chi connectivity index (χ2n) is 14.7. The molecule has 0 aromatic carbocycles. The van der Waals surface area contributed by atoms with Crippen LogP contribution >= 0.6 is 0 Å². The van der Waals surface area contributed by atoms with Gasteiger partial charge in [-0.1, -0.05) is 33.3 Å². The van der Waals surface area contributed by atoms with E-state index in [0.717, 1.165) is 57.4 Å². The van der Waals surface area contributed by atoms with Crippen LogP contribution in [0.25, 0.3) is 0 Å². The zero-order valence-corrected chi connectivity index (χ0v) is 23.7. The Hall–Kier alpha value is -1.21. The van der Waals surface area contributed by atoms with Crippen molar-refractivity contribution in [1.82, 2.24) is 9.47 Å². The van der Waals surface area contributed by atoms with Crippen molar-refractivity contribution in [2.45, 2.75) is 116 Å². The van der Waals surface area contributed by atoms with Gasteiger partial charge in [-0.3, -0.25) is 9.69 Å². The summed E-state index contributed by atoms with van der Waals surface area (Å²) in [7, 11) is 0. The lowest BCUT2D eigenvalue weighted by Crippen LogP contribution is -2.58. The summed E-state index contributed by atoms with van der Waals surface area (Å²) >= 11 is 0. The number of hydrogen-bond acceptors (Lipinski definition) is 5. The summed E-state index contributed by atoms with van der Waals surface area (Å²) in [6.07, 6.45) is 6.88. The Labute approximate surface area is 223 Å². The average Bonchev–Trinajstić information content (AvgIpc) is 2.78. The van der Waals surface area contributed by atoms with Gasteiger partial charge in [-0.05, 0) is 93.4 Å². The fraction of sp³-hybridized carbons (Fsp3) is 0.839. The minimum Gasteiger partial charge on any atom is -0.390 e. The molecular weight excluding hydrogens is 464 g/mol. The summed E-state index contributed by atoms with van der Waals surface area (Å²) in [6, 6.07) is 5.56.